The SMILES string of the molecule is CC(=O)Nc1cccc(N2C[C@@H](C(=O)N[C@@H](Cc3ccccc3)[C@H](O)CN(CC(C)C)S(=O)(=O)c3ccc4c(c3)OCO4)OC2=O)c1. The number of nitrogens with zero attached hydrogens (tertiary/aromatic N) is 2. The summed E-state index contributed by atoms with van der Waals surface area (Å²) in [5, 5.41) is 17.0. The van der Waals surface area contributed by atoms with Crippen LogP contribution in [0.5, 0.6) is 11.5 Å². The third kappa shape index (κ3) is 8.20. The molecule has 0 radical (unpaired) electrons. The van der Waals surface area contributed by atoms with Crippen molar-refractivity contribution in [3.8, 4) is 11.5 Å². The molecule has 5 rings (SSSR count). The van der Waals surface area contributed by atoms with Crippen LogP contribution in [0.1, 0.15) is 26.3 Å². The second-order valence-electron chi connectivity index (χ2n) is 11.8. The Hall–Kier alpha value is -4.66. The summed E-state index contributed by atoms with van der Waals surface area (Å²) in [6.45, 7) is 4.76. The highest BCUT2D eigenvalue weighted by Gasteiger charge is 2.39. The van der Waals surface area contributed by atoms with Gasteiger partial charge in [0.1, 0.15) is 0 Å². The Balaban J connectivity index is 1.34. The van der Waals surface area contributed by atoms with Crippen LogP contribution in [0, 0.1) is 5.92 Å². The zero-order chi connectivity index (χ0) is 33.7. The first kappa shape index (κ1) is 33.7. The molecule has 3 atom stereocenters. The van der Waals surface area contributed by atoms with Gasteiger partial charge in [0.25, 0.3) is 5.91 Å². The second-order valence-corrected chi connectivity index (χ2v) is 13.8. The van der Waals surface area contributed by atoms with Crippen LogP contribution in [-0.2, 0) is 30.8 Å². The highest BCUT2D eigenvalue weighted by Crippen LogP contribution is 2.35. The first-order chi connectivity index (χ1) is 22.4. The number of ether oxygens (including phenoxy) is 3. The Kier molecular flexibility index (Phi) is 10.3. The number of carbonyl (C=O) groups is 3. The van der Waals surface area contributed by atoms with Gasteiger partial charge in [0.2, 0.25) is 22.7 Å². The smallest absolute Gasteiger partial charge is 0.415 e. The number of hydrogen-bond acceptors (Lipinski definition) is 9. The number of nitrogens with one attached hydrogen (secondary N) is 2. The fraction of sp³-hybridized carbons (Fsp3) is 0.364. The Labute approximate surface area is 273 Å². The molecule has 0 aromatic heterocycles. The number of aliphatic hydroxyl groups excluding tert-OH is 1. The number of sulfonamides is 1. The quantitative estimate of drug-likeness (QED) is 0.249. The van der Waals surface area contributed by atoms with E-state index in [9.17, 15) is 27.9 Å². The van der Waals surface area contributed by atoms with Crippen LogP contribution in [0.25, 0.3) is 0 Å². The predicted molar refractivity (Wildman–Crippen MR) is 173 cm³/mol. The summed E-state index contributed by atoms with van der Waals surface area (Å²) < 4.78 is 45.0. The molecule has 2 aliphatic rings. The molecule has 0 unspecified atom stereocenters. The van der Waals surface area contributed by atoms with Crippen LogP contribution in [0.2, 0.25) is 0 Å². The van der Waals surface area contributed by atoms with E-state index in [4.69, 9.17) is 14.2 Å². The molecule has 0 spiro atoms. The summed E-state index contributed by atoms with van der Waals surface area (Å²) in [7, 11) is -4.10. The van der Waals surface area contributed by atoms with E-state index < -0.39 is 40.3 Å². The molecule has 14 heteroatoms. The van der Waals surface area contributed by atoms with Crippen molar-refractivity contribution in [3.63, 3.8) is 0 Å². The lowest BCUT2D eigenvalue weighted by Gasteiger charge is -2.31. The summed E-state index contributed by atoms with van der Waals surface area (Å²) in [5.74, 6) is -0.250. The van der Waals surface area contributed by atoms with Gasteiger partial charge in [-0.1, -0.05) is 50.2 Å². The summed E-state index contributed by atoms with van der Waals surface area (Å²) in [5.41, 5.74) is 1.70. The molecule has 3 aromatic rings. The van der Waals surface area contributed by atoms with Crippen LogP contribution in [-0.4, -0.2) is 80.4 Å². The largest absolute Gasteiger partial charge is 0.454 e. The van der Waals surface area contributed by atoms with Gasteiger partial charge in [0.05, 0.1) is 23.6 Å². The van der Waals surface area contributed by atoms with Gasteiger partial charge in [-0.3, -0.25) is 14.5 Å². The minimum Gasteiger partial charge on any atom is -0.454 e. The third-order valence-electron chi connectivity index (χ3n) is 7.61. The van der Waals surface area contributed by atoms with Crippen molar-refractivity contribution in [3.05, 3.63) is 78.4 Å². The highest BCUT2D eigenvalue weighted by atomic mass is 32.2. The average Bonchev–Trinajstić information content (AvgIpc) is 3.66. The van der Waals surface area contributed by atoms with Crippen molar-refractivity contribution in [1.82, 2.24) is 9.62 Å². The van der Waals surface area contributed by atoms with Gasteiger partial charge >= 0.3 is 6.09 Å². The van der Waals surface area contributed by atoms with Gasteiger partial charge in [-0.15, -0.1) is 0 Å². The molecule has 1 fully saturated rings. The summed E-state index contributed by atoms with van der Waals surface area (Å²) in [6.07, 6.45) is -3.12. The number of amides is 3. The van der Waals surface area contributed by atoms with E-state index in [1.165, 1.54) is 34.3 Å². The number of anilines is 2. The van der Waals surface area contributed by atoms with Crippen molar-refractivity contribution >= 4 is 39.3 Å². The maximum Gasteiger partial charge on any atom is 0.415 e. The summed E-state index contributed by atoms with van der Waals surface area (Å²) in [6, 6.07) is 19.1. The maximum atomic E-state index is 13.9. The second kappa shape index (κ2) is 14.4. The molecule has 0 saturated carbocycles. The lowest BCUT2D eigenvalue weighted by molar-refractivity contribution is -0.129. The molecule has 2 aliphatic heterocycles. The van der Waals surface area contributed by atoms with E-state index in [0.717, 1.165) is 5.56 Å². The molecule has 0 bridgehead atoms. The van der Waals surface area contributed by atoms with Gasteiger partial charge in [-0.2, -0.15) is 4.31 Å². The van der Waals surface area contributed by atoms with Crippen molar-refractivity contribution in [2.45, 2.75) is 50.3 Å². The Morgan fingerprint density at radius 3 is 2.47 bits per heavy atom. The van der Waals surface area contributed by atoms with Crippen LogP contribution in [0.4, 0.5) is 16.2 Å². The van der Waals surface area contributed by atoms with Gasteiger partial charge < -0.3 is 30.0 Å². The monoisotopic (exact) mass is 666 g/mol. The average molecular weight is 667 g/mol. The van der Waals surface area contributed by atoms with Gasteiger partial charge in [-0.25, -0.2) is 13.2 Å². The van der Waals surface area contributed by atoms with Crippen molar-refractivity contribution < 1.29 is 42.1 Å². The van der Waals surface area contributed by atoms with Crippen LogP contribution < -0.4 is 25.0 Å². The number of cyclic esters (lactones) is 1. The summed E-state index contributed by atoms with van der Waals surface area (Å²) in [4.78, 5) is 39.1. The van der Waals surface area contributed by atoms with E-state index in [1.807, 2.05) is 44.2 Å². The van der Waals surface area contributed by atoms with E-state index in [0.29, 0.717) is 22.9 Å². The van der Waals surface area contributed by atoms with Crippen molar-refractivity contribution in [2.24, 2.45) is 5.92 Å². The Bertz CT molecular complexity index is 1720. The van der Waals surface area contributed by atoms with E-state index in [2.05, 4.69) is 10.6 Å². The van der Waals surface area contributed by atoms with E-state index in [1.54, 1.807) is 24.3 Å². The van der Waals surface area contributed by atoms with Gasteiger partial charge in [0.15, 0.2) is 17.6 Å². The number of hydrogen-bond donors (Lipinski definition) is 3. The first-order valence-corrected chi connectivity index (χ1v) is 16.6. The normalized spacial score (nSPS) is 17.0. The number of carbonyl (C=O) groups excluding carboxylic acids is 3. The topological polar surface area (TPSA) is 164 Å². The Morgan fingerprint density at radius 2 is 1.74 bits per heavy atom. The molecule has 3 aromatic carbocycles. The molecular formula is C33H38N4O9S. The van der Waals surface area contributed by atoms with E-state index >= 15 is 0 Å². The lowest BCUT2D eigenvalue weighted by Crippen LogP contribution is -2.53. The van der Waals surface area contributed by atoms with Gasteiger partial charge in [0, 0.05) is 37.5 Å². The summed E-state index contributed by atoms with van der Waals surface area (Å²) >= 11 is 0. The molecule has 250 valence electrons. The fourth-order valence-corrected chi connectivity index (χ4v) is 7.03. The molecule has 3 N–H and O–H groups in total. The zero-order valence-corrected chi connectivity index (χ0v) is 27.1. The minimum absolute atomic E-state index is 0.00829. The third-order valence-corrected chi connectivity index (χ3v) is 9.44. The van der Waals surface area contributed by atoms with Crippen LogP contribution in [0.15, 0.2) is 77.7 Å². The number of aliphatic hydroxyl groups is 1. The number of benzene rings is 3. The number of fused-ring (bicyclic) bond motifs is 1. The fourth-order valence-electron chi connectivity index (χ4n) is 5.39. The Morgan fingerprint density at radius 1 is 1.00 bits per heavy atom. The standard InChI is InChI=1S/C33H38N4O9S/c1-21(2)17-36(47(42,43)26-12-13-29-30(16-26)45-20-44-29)18-28(39)27(14-23-8-5-4-6-9-23)35-32(40)31-19-37(33(41)46-31)25-11-7-10-24(15-25)34-22(3)38/h4-13,15-16,21,27-28,31,39H,14,17-20H2,1-3H3,(H,34,38)(H,35,40)/t27-,28+,31-/m0/s1. The molecule has 47 heavy (non-hydrogen) atoms. The molecule has 1 saturated heterocycles. The van der Waals surface area contributed by atoms with E-state index in [-0.39, 0.29) is 49.6 Å². The number of rotatable bonds is 13. The van der Waals surface area contributed by atoms with Crippen LogP contribution in [0.3, 0.4) is 0 Å². The molecule has 3 amide bonds. The van der Waals surface area contributed by atoms with Crippen molar-refractivity contribution in [2.75, 3.05) is 36.6 Å². The van der Waals surface area contributed by atoms with Crippen molar-refractivity contribution in [1.29, 1.82) is 0 Å². The maximum absolute atomic E-state index is 13.9. The predicted octanol–water partition coefficient (Wildman–Crippen LogP) is 3.13. The molecule has 2 heterocycles. The molecular weight excluding hydrogens is 628 g/mol. The lowest BCUT2D eigenvalue weighted by atomic mass is 10.0. The molecule has 13 nitrogen and oxygen atoms in total. The van der Waals surface area contributed by atoms with Crippen LogP contribution >= 0.6 is 0 Å². The highest BCUT2D eigenvalue weighted by molar-refractivity contribution is 7.89. The first-order valence-electron chi connectivity index (χ1n) is 15.2. The minimum atomic E-state index is -4.10. The molecule has 0 aliphatic carbocycles. The zero-order valence-electron chi connectivity index (χ0n) is 26.3. The van der Waals surface area contributed by atoms with Gasteiger partial charge in [-0.05, 0) is 48.2 Å².